The standard InChI is InChI=1S/C14H17NO3S/c1-9-13(8-16)19-14(15-9)7-10-4-5-11(17-2)12(6-10)18-3/h4-6,16H,7-8H2,1-3H3. The summed E-state index contributed by atoms with van der Waals surface area (Å²) in [7, 11) is 3.24. The third-order valence-corrected chi connectivity index (χ3v) is 4.03. The number of thiazole rings is 1. The monoisotopic (exact) mass is 279 g/mol. The molecule has 0 radical (unpaired) electrons. The van der Waals surface area contributed by atoms with E-state index in [4.69, 9.17) is 9.47 Å². The van der Waals surface area contributed by atoms with Crippen LogP contribution in [0, 0.1) is 6.92 Å². The molecular weight excluding hydrogens is 262 g/mol. The van der Waals surface area contributed by atoms with Crippen LogP contribution in [0.3, 0.4) is 0 Å². The normalized spacial score (nSPS) is 10.5. The quantitative estimate of drug-likeness (QED) is 0.914. The van der Waals surface area contributed by atoms with Gasteiger partial charge in [0.25, 0.3) is 0 Å². The lowest BCUT2D eigenvalue weighted by Gasteiger charge is -2.08. The summed E-state index contributed by atoms with van der Waals surface area (Å²) in [6.07, 6.45) is 0.728. The molecule has 4 nitrogen and oxygen atoms in total. The second kappa shape index (κ2) is 6.04. The SMILES string of the molecule is COc1ccc(Cc2nc(C)c(CO)s2)cc1OC. The lowest BCUT2D eigenvalue weighted by molar-refractivity contribution is 0.284. The molecular formula is C14H17NO3S. The van der Waals surface area contributed by atoms with Crippen LogP contribution in [0.1, 0.15) is 21.1 Å². The Bertz CT molecular complexity index is 566. The summed E-state index contributed by atoms with van der Waals surface area (Å²) in [4.78, 5) is 5.39. The van der Waals surface area contributed by atoms with Crippen molar-refractivity contribution in [3.63, 3.8) is 0 Å². The predicted molar refractivity (Wildman–Crippen MR) is 75.1 cm³/mol. The van der Waals surface area contributed by atoms with Gasteiger partial charge in [-0.3, -0.25) is 0 Å². The van der Waals surface area contributed by atoms with Gasteiger partial charge in [0.15, 0.2) is 11.5 Å². The summed E-state index contributed by atoms with van der Waals surface area (Å²) >= 11 is 1.54. The molecule has 0 aliphatic carbocycles. The first kappa shape index (κ1) is 13.8. The molecule has 1 heterocycles. The van der Waals surface area contributed by atoms with Crippen LogP contribution in [0.5, 0.6) is 11.5 Å². The Hall–Kier alpha value is -1.59. The first-order valence-corrected chi connectivity index (χ1v) is 6.76. The Morgan fingerprint density at radius 2 is 1.95 bits per heavy atom. The minimum absolute atomic E-state index is 0.0510. The van der Waals surface area contributed by atoms with Crippen LogP contribution in [-0.2, 0) is 13.0 Å². The van der Waals surface area contributed by atoms with Crippen molar-refractivity contribution in [2.24, 2.45) is 0 Å². The van der Waals surface area contributed by atoms with Crippen LogP contribution in [0.4, 0.5) is 0 Å². The van der Waals surface area contributed by atoms with Crippen molar-refractivity contribution >= 4 is 11.3 Å². The first-order valence-electron chi connectivity index (χ1n) is 5.95. The van der Waals surface area contributed by atoms with Crippen molar-refractivity contribution in [1.29, 1.82) is 0 Å². The molecule has 0 bridgehead atoms. The first-order chi connectivity index (χ1) is 9.17. The summed E-state index contributed by atoms with van der Waals surface area (Å²) in [6, 6.07) is 5.84. The van der Waals surface area contributed by atoms with Gasteiger partial charge in [0.05, 0.1) is 36.4 Å². The molecule has 0 atom stereocenters. The Morgan fingerprint density at radius 3 is 2.53 bits per heavy atom. The number of aliphatic hydroxyl groups excluding tert-OH is 1. The molecule has 0 spiro atoms. The molecule has 0 unspecified atom stereocenters. The van der Waals surface area contributed by atoms with E-state index in [-0.39, 0.29) is 6.61 Å². The number of rotatable bonds is 5. The van der Waals surface area contributed by atoms with E-state index >= 15 is 0 Å². The summed E-state index contributed by atoms with van der Waals surface area (Å²) in [5.74, 6) is 1.44. The molecule has 102 valence electrons. The second-order valence-corrected chi connectivity index (χ2v) is 5.31. The average Bonchev–Trinajstić information content (AvgIpc) is 2.78. The summed E-state index contributed by atoms with van der Waals surface area (Å²) in [5.41, 5.74) is 2.01. The lowest BCUT2D eigenvalue weighted by Crippen LogP contribution is -1.93. The smallest absolute Gasteiger partial charge is 0.160 e. The molecule has 0 fully saturated rings. The molecule has 0 aliphatic heterocycles. The van der Waals surface area contributed by atoms with E-state index in [1.54, 1.807) is 25.6 Å². The van der Waals surface area contributed by atoms with Gasteiger partial charge in [-0.15, -0.1) is 11.3 Å². The molecule has 2 aromatic rings. The van der Waals surface area contributed by atoms with E-state index in [0.717, 1.165) is 39.1 Å². The van der Waals surface area contributed by atoms with Crippen LogP contribution in [0.2, 0.25) is 0 Å². The molecule has 2 rings (SSSR count). The van der Waals surface area contributed by atoms with E-state index in [9.17, 15) is 5.11 Å². The van der Waals surface area contributed by atoms with Gasteiger partial charge in [0, 0.05) is 6.42 Å². The van der Waals surface area contributed by atoms with Gasteiger partial charge in [-0.2, -0.15) is 0 Å². The van der Waals surface area contributed by atoms with Crippen molar-refractivity contribution in [2.75, 3.05) is 14.2 Å². The number of aliphatic hydroxyl groups is 1. The van der Waals surface area contributed by atoms with Crippen LogP contribution >= 0.6 is 11.3 Å². The van der Waals surface area contributed by atoms with Gasteiger partial charge in [-0.25, -0.2) is 4.98 Å². The fourth-order valence-corrected chi connectivity index (χ4v) is 2.84. The minimum Gasteiger partial charge on any atom is -0.493 e. The van der Waals surface area contributed by atoms with Crippen LogP contribution < -0.4 is 9.47 Å². The van der Waals surface area contributed by atoms with Crippen molar-refractivity contribution in [3.8, 4) is 11.5 Å². The predicted octanol–water partition coefficient (Wildman–Crippen LogP) is 2.55. The topological polar surface area (TPSA) is 51.6 Å². The van der Waals surface area contributed by atoms with Crippen molar-refractivity contribution in [2.45, 2.75) is 20.0 Å². The summed E-state index contributed by atoms with van der Waals surface area (Å²) < 4.78 is 10.5. The van der Waals surface area contributed by atoms with E-state index in [1.165, 1.54) is 0 Å². The minimum atomic E-state index is 0.0510. The molecule has 0 saturated carbocycles. The highest BCUT2D eigenvalue weighted by Gasteiger charge is 2.09. The molecule has 5 heteroatoms. The lowest BCUT2D eigenvalue weighted by atomic mass is 10.1. The van der Waals surface area contributed by atoms with Gasteiger partial charge in [-0.05, 0) is 24.6 Å². The number of hydrogen-bond donors (Lipinski definition) is 1. The highest BCUT2D eigenvalue weighted by molar-refractivity contribution is 7.11. The number of benzene rings is 1. The fourth-order valence-electron chi connectivity index (χ4n) is 1.88. The van der Waals surface area contributed by atoms with Crippen molar-refractivity contribution in [3.05, 3.63) is 39.3 Å². The zero-order chi connectivity index (χ0) is 13.8. The Kier molecular flexibility index (Phi) is 4.39. The molecule has 19 heavy (non-hydrogen) atoms. The largest absolute Gasteiger partial charge is 0.493 e. The Morgan fingerprint density at radius 1 is 1.21 bits per heavy atom. The van der Waals surface area contributed by atoms with Crippen LogP contribution in [0.25, 0.3) is 0 Å². The number of aryl methyl sites for hydroxylation is 1. The summed E-state index contributed by atoms with van der Waals surface area (Å²) in [5, 5.41) is 10.2. The highest BCUT2D eigenvalue weighted by atomic mass is 32.1. The molecule has 1 N–H and O–H groups in total. The van der Waals surface area contributed by atoms with Crippen LogP contribution in [0.15, 0.2) is 18.2 Å². The van der Waals surface area contributed by atoms with Crippen molar-refractivity contribution in [1.82, 2.24) is 4.98 Å². The molecule has 1 aromatic carbocycles. The average molecular weight is 279 g/mol. The molecule has 0 amide bonds. The fraction of sp³-hybridized carbons (Fsp3) is 0.357. The maximum atomic E-state index is 9.18. The van der Waals surface area contributed by atoms with Crippen LogP contribution in [-0.4, -0.2) is 24.3 Å². The van der Waals surface area contributed by atoms with Crippen molar-refractivity contribution < 1.29 is 14.6 Å². The number of aromatic nitrogens is 1. The van der Waals surface area contributed by atoms with E-state index in [1.807, 2.05) is 25.1 Å². The Balaban J connectivity index is 2.22. The second-order valence-electron chi connectivity index (χ2n) is 4.14. The number of hydrogen-bond acceptors (Lipinski definition) is 5. The molecule has 0 aliphatic rings. The maximum Gasteiger partial charge on any atom is 0.160 e. The zero-order valence-electron chi connectivity index (χ0n) is 11.3. The third-order valence-electron chi connectivity index (χ3n) is 2.88. The van der Waals surface area contributed by atoms with Gasteiger partial charge >= 0.3 is 0 Å². The van der Waals surface area contributed by atoms with Gasteiger partial charge in [0.1, 0.15) is 0 Å². The highest BCUT2D eigenvalue weighted by Crippen LogP contribution is 2.29. The van der Waals surface area contributed by atoms with E-state index < -0.39 is 0 Å². The van der Waals surface area contributed by atoms with Gasteiger partial charge in [0.2, 0.25) is 0 Å². The maximum absolute atomic E-state index is 9.18. The zero-order valence-corrected chi connectivity index (χ0v) is 12.1. The number of ether oxygens (including phenoxy) is 2. The van der Waals surface area contributed by atoms with Gasteiger partial charge in [-0.1, -0.05) is 6.07 Å². The molecule has 1 aromatic heterocycles. The Labute approximate surface area is 116 Å². The van der Waals surface area contributed by atoms with E-state index in [0.29, 0.717) is 0 Å². The summed E-state index contributed by atoms with van der Waals surface area (Å²) in [6.45, 7) is 1.97. The molecule has 0 saturated heterocycles. The number of methoxy groups -OCH3 is 2. The third kappa shape index (κ3) is 3.05. The number of nitrogens with zero attached hydrogens (tertiary/aromatic N) is 1. The van der Waals surface area contributed by atoms with Gasteiger partial charge < -0.3 is 14.6 Å². The van der Waals surface area contributed by atoms with E-state index in [2.05, 4.69) is 4.98 Å².